The van der Waals surface area contributed by atoms with Crippen LogP contribution in [0.2, 0.25) is 0 Å². The highest BCUT2D eigenvalue weighted by Crippen LogP contribution is 2.44. The average molecular weight is 224 g/mol. The molecule has 15 heavy (non-hydrogen) atoms. The van der Waals surface area contributed by atoms with E-state index in [1.54, 1.807) is 24.3 Å². The van der Waals surface area contributed by atoms with Gasteiger partial charge in [-0.25, -0.2) is 0 Å². The van der Waals surface area contributed by atoms with Gasteiger partial charge >= 0.3 is 8.03 Å². The van der Waals surface area contributed by atoms with Crippen LogP contribution < -0.4 is 5.11 Å². The van der Waals surface area contributed by atoms with Crippen LogP contribution in [0.3, 0.4) is 0 Å². The molecule has 4 nitrogen and oxygen atoms in total. The SMILES string of the molecule is O=C([O-])[C@H]1c2ccccc2C[C@@H]1[P+](=O)O. The van der Waals surface area contributed by atoms with Gasteiger partial charge in [0.1, 0.15) is 0 Å². The highest BCUT2D eigenvalue weighted by molar-refractivity contribution is 7.39. The summed E-state index contributed by atoms with van der Waals surface area (Å²) >= 11 is 0. The minimum Gasteiger partial charge on any atom is -0.549 e. The predicted molar refractivity (Wildman–Crippen MR) is 51.5 cm³/mol. The van der Waals surface area contributed by atoms with Crippen molar-refractivity contribution in [1.82, 2.24) is 0 Å². The lowest BCUT2D eigenvalue weighted by atomic mass is 10.0. The third kappa shape index (κ3) is 1.66. The number of aliphatic carboxylic acids is 1. The molecule has 0 fully saturated rings. The summed E-state index contributed by atoms with van der Waals surface area (Å²) < 4.78 is 11.0. The fraction of sp³-hybridized carbons (Fsp3) is 0.300. The van der Waals surface area contributed by atoms with Gasteiger partial charge in [0.2, 0.25) is 5.66 Å². The van der Waals surface area contributed by atoms with Crippen LogP contribution in [0.5, 0.6) is 0 Å². The van der Waals surface area contributed by atoms with Crippen molar-refractivity contribution >= 4 is 14.0 Å². The van der Waals surface area contributed by atoms with Crippen molar-refractivity contribution in [2.75, 3.05) is 0 Å². The van der Waals surface area contributed by atoms with Crippen molar-refractivity contribution in [1.29, 1.82) is 0 Å². The first-order chi connectivity index (χ1) is 7.11. The van der Waals surface area contributed by atoms with Crippen LogP contribution in [0.4, 0.5) is 0 Å². The quantitative estimate of drug-likeness (QED) is 0.727. The van der Waals surface area contributed by atoms with Gasteiger partial charge in [0, 0.05) is 6.42 Å². The molecule has 1 aromatic carbocycles. The molecule has 0 amide bonds. The molecule has 78 valence electrons. The number of carboxylic acids is 1. The van der Waals surface area contributed by atoms with Crippen LogP contribution >= 0.6 is 8.03 Å². The van der Waals surface area contributed by atoms with Crippen LogP contribution in [-0.4, -0.2) is 16.5 Å². The van der Waals surface area contributed by atoms with Crippen molar-refractivity contribution in [2.45, 2.75) is 18.0 Å². The van der Waals surface area contributed by atoms with Gasteiger partial charge in [-0.3, -0.25) is 0 Å². The number of carbonyl (C=O) groups is 1. The van der Waals surface area contributed by atoms with Gasteiger partial charge in [0.25, 0.3) is 0 Å². The average Bonchev–Trinajstić information content (AvgIpc) is 2.56. The third-order valence-corrected chi connectivity index (χ3v) is 3.79. The van der Waals surface area contributed by atoms with Crippen LogP contribution in [0.15, 0.2) is 24.3 Å². The van der Waals surface area contributed by atoms with E-state index in [2.05, 4.69) is 0 Å². The Bertz CT molecular complexity index is 429. The minimum absolute atomic E-state index is 0.334. The van der Waals surface area contributed by atoms with E-state index in [1.807, 2.05) is 0 Å². The Morgan fingerprint density at radius 3 is 2.73 bits per heavy atom. The molecule has 0 heterocycles. The van der Waals surface area contributed by atoms with E-state index in [9.17, 15) is 14.5 Å². The van der Waals surface area contributed by atoms with Crippen molar-refractivity contribution in [3.8, 4) is 0 Å². The van der Waals surface area contributed by atoms with E-state index in [0.29, 0.717) is 12.0 Å². The van der Waals surface area contributed by atoms with Gasteiger partial charge in [-0.15, -0.1) is 0 Å². The maximum Gasteiger partial charge on any atom is 0.510 e. The topological polar surface area (TPSA) is 77.4 Å². The van der Waals surface area contributed by atoms with Gasteiger partial charge in [-0.2, -0.15) is 4.89 Å². The van der Waals surface area contributed by atoms with Crippen LogP contribution in [0, 0.1) is 0 Å². The monoisotopic (exact) mass is 224 g/mol. The zero-order chi connectivity index (χ0) is 11.0. The van der Waals surface area contributed by atoms with Gasteiger partial charge in [0.05, 0.1) is 11.9 Å². The highest BCUT2D eigenvalue weighted by Gasteiger charge is 2.45. The number of fused-ring (bicyclic) bond motifs is 1. The number of hydrogen-bond acceptors (Lipinski definition) is 3. The van der Waals surface area contributed by atoms with Gasteiger partial charge in [-0.1, -0.05) is 24.3 Å². The molecule has 1 N–H and O–H groups in total. The molecule has 3 atom stereocenters. The van der Waals surface area contributed by atoms with Gasteiger partial charge in [-0.05, 0) is 15.7 Å². The van der Waals surface area contributed by atoms with E-state index in [0.717, 1.165) is 5.56 Å². The molecule has 5 heteroatoms. The smallest absolute Gasteiger partial charge is 0.510 e. The van der Waals surface area contributed by atoms with Gasteiger partial charge < -0.3 is 9.90 Å². The number of carbonyl (C=O) groups excluding carboxylic acids is 1. The molecule has 1 aromatic rings. The lowest BCUT2D eigenvalue weighted by Crippen LogP contribution is -2.33. The zero-order valence-corrected chi connectivity index (χ0v) is 8.68. The molecule has 0 aliphatic heterocycles. The van der Waals surface area contributed by atoms with E-state index in [1.165, 1.54) is 0 Å². The van der Waals surface area contributed by atoms with Crippen LogP contribution in [0.25, 0.3) is 0 Å². The molecule has 0 radical (unpaired) electrons. The summed E-state index contributed by atoms with van der Waals surface area (Å²) in [6.45, 7) is 0. The first kappa shape index (κ1) is 10.3. The summed E-state index contributed by atoms with van der Waals surface area (Å²) in [5, 5.41) is 10.9. The van der Waals surface area contributed by atoms with Gasteiger partial charge in [0.15, 0.2) is 0 Å². The molecule has 0 spiro atoms. The predicted octanol–water partition coefficient (Wildman–Crippen LogP) is 0.179. The first-order valence-corrected chi connectivity index (χ1v) is 5.83. The molecule has 1 aliphatic carbocycles. The molecule has 1 aliphatic rings. The second-order valence-corrected chi connectivity index (χ2v) is 4.84. The maximum absolute atomic E-state index is 11.0. The summed E-state index contributed by atoms with van der Waals surface area (Å²) in [6.07, 6.45) is 0.334. The van der Waals surface area contributed by atoms with E-state index in [-0.39, 0.29) is 0 Å². The normalized spacial score (nSPS) is 24.7. The lowest BCUT2D eigenvalue weighted by molar-refractivity contribution is -0.307. The Balaban J connectivity index is 2.46. The molecule has 1 unspecified atom stereocenters. The fourth-order valence-electron chi connectivity index (χ4n) is 2.06. The third-order valence-electron chi connectivity index (χ3n) is 2.74. The van der Waals surface area contributed by atoms with Crippen LogP contribution in [-0.2, 0) is 15.8 Å². The first-order valence-electron chi connectivity index (χ1n) is 4.55. The van der Waals surface area contributed by atoms with E-state index >= 15 is 0 Å². The number of benzene rings is 1. The van der Waals surface area contributed by atoms with E-state index < -0.39 is 25.6 Å². The minimum atomic E-state index is -2.49. The summed E-state index contributed by atoms with van der Waals surface area (Å²) in [7, 11) is -2.49. The van der Waals surface area contributed by atoms with Crippen molar-refractivity contribution in [3.63, 3.8) is 0 Å². The Morgan fingerprint density at radius 2 is 2.13 bits per heavy atom. The largest absolute Gasteiger partial charge is 0.549 e. The Kier molecular flexibility index (Phi) is 2.55. The molecular formula is C10H9O4P. The number of hydrogen-bond donors (Lipinski definition) is 1. The van der Waals surface area contributed by atoms with Crippen molar-refractivity contribution in [2.24, 2.45) is 0 Å². The summed E-state index contributed by atoms with van der Waals surface area (Å²) in [4.78, 5) is 20.0. The molecule has 2 rings (SSSR count). The summed E-state index contributed by atoms with van der Waals surface area (Å²) in [6, 6.07) is 6.97. The van der Waals surface area contributed by atoms with Crippen LogP contribution in [0.1, 0.15) is 17.0 Å². The van der Waals surface area contributed by atoms with Crippen molar-refractivity contribution in [3.05, 3.63) is 35.4 Å². The maximum atomic E-state index is 11.0. The Hall–Kier alpha value is -1.25. The highest BCUT2D eigenvalue weighted by atomic mass is 31.1. The Labute approximate surface area is 87.4 Å². The molecule has 0 saturated heterocycles. The lowest BCUT2D eigenvalue weighted by Gasteiger charge is -2.12. The Morgan fingerprint density at radius 1 is 1.47 bits per heavy atom. The molecular weight excluding hydrogens is 215 g/mol. The number of carboxylic acid groups (broad SMARTS) is 1. The zero-order valence-electron chi connectivity index (χ0n) is 7.79. The van der Waals surface area contributed by atoms with Crippen molar-refractivity contribution < 1.29 is 19.4 Å². The number of rotatable bonds is 2. The summed E-state index contributed by atoms with van der Waals surface area (Å²) in [5.74, 6) is -2.22. The second-order valence-electron chi connectivity index (χ2n) is 3.57. The molecule has 0 bridgehead atoms. The molecule has 0 saturated carbocycles. The molecule has 0 aromatic heterocycles. The second kappa shape index (κ2) is 3.72. The summed E-state index contributed by atoms with van der Waals surface area (Å²) in [5.41, 5.74) is 0.691. The standard InChI is InChI=1S/C10H9O4P/c11-10(12)9-7-4-2-1-3-6(7)5-8(9)15(13)14/h1-4,8-9H,5H2,(H-,11,12,13,14)/t8-,9-/m0/s1. The fourth-order valence-corrected chi connectivity index (χ4v) is 2.95. The van der Waals surface area contributed by atoms with E-state index in [4.69, 9.17) is 4.89 Å².